The molecule has 2 unspecified atom stereocenters. The smallest absolute Gasteiger partial charge is 0.221 e. The summed E-state index contributed by atoms with van der Waals surface area (Å²) in [6.45, 7) is 2.89. The Bertz CT molecular complexity index is 208. The normalized spacial score (nSPS) is 22.8. The van der Waals surface area contributed by atoms with Gasteiger partial charge in [-0.1, -0.05) is 13.3 Å². The van der Waals surface area contributed by atoms with E-state index >= 15 is 0 Å². The fourth-order valence-electron chi connectivity index (χ4n) is 1.67. The number of rotatable bonds is 6. The van der Waals surface area contributed by atoms with Crippen molar-refractivity contribution >= 4 is 29.4 Å². The van der Waals surface area contributed by atoms with Crippen molar-refractivity contribution in [2.75, 3.05) is 23.8 Å². The van der Waals surface area contributed by atoms with Crippen LogP contribution in [-0.2, 0) is 4.79 Å². The van der Waals surface area contributed by atoms with Gasteiger partial charge in [-0.05, 0) is 6.42 Å². The number of carbonyl (C=O) groups excluding carboxylic acids is 1. The Labute approximate surface area is 107 Å². The van der Waals surface area contributed by atoms with Crippen LogP contribution < -0.4 is 11.1 Å². The highest BCUT2D eigenvalue weighted by Crippen LogP contribution is 2.23. The second-order valence-corrected chi connectivity index (χ2v) is 6.68. The van der Waals surface area contributed by atoms with Crippen LogP contribution in [0.2, 0.25) is 0 Å². The fraction of sp³-hybridized carbons (Fsp3) is 0.909. The molecule has 3 nitrogen and oxygen atoms in total. The predicted molar refractivity (Wildman–Crippen MR) is 74.1 cm³/mol. The minimum absolute atomic E-state index is 0.0263. The van der Waals surface area contributed by atoms with Crippen LogP contribution in [0.4, 0.5) is 0 Å². The van der Waals surface area contributed by atoms with E-state index < -0.39 is 0 Å². The largest absolute Gasteiger partial charge is 0.355 e. The van der Waals surface area contributed by atoms with E-state index in [1.807, 2.05) is 23.5 Å². The van der Waals surface area contributed by atoms with Crippen molar-refractivity contribution in [2.24, 2.45) is 5.73 Å². The summed E-state index contributed by atoms with van der Waals surface area (Å²) in [6.07, 6.45) is 2.45. The maximum absolute atomic E-state index is 11.6. The summed E-state index contributed by atoms with van der Waals surface area (Å²) in [5, 5.41) is 3.58. The Morgan fingerprint density at radius 3 is 3.00 bits per heavy atom. The van der Waals surface area contributed by atoms with E-state index in [2.05, 4.69) is 12.2 Å². The van der Waals surface area contributed by atoms with Crippen LogP contribution in [0.1, 0.15) is 26.2 Å². The number of thioether (sulfide) groups is 2. The predicted octanol–water partition coefficient (Wildman–Crippen LogP) is 1.47. The summed E-state index contributed by atoms with van der Waals surface area (Å²) < 4.78 is 0. The van der Waals surface area contributed by atoms with Crippen LogP contribution in [0, 0.1) is 0 Å². The summed E-state index contributed by atoms with van der Waals surface area (Å²) in [5.74, 6) is 3.72. The van der Waals surface area contributed by atoms with Gasteiger partial charge in [0.25, 0.3) is 0 Å². The van der Waals surface area contributed by atoms with E-state index in [4.69, 9.17) is 5.73 Å². The molecule has 1 rings (SSSR count). The van der Waals surface area contributed by atoms with Crippen LogP contribution in [0.5, 0.6) is 0 Å². The van der Waals surface area contributed by atoms with Gasteiger partial charge in [0, 0.05) is 41.5 Å². The highest BCUT2D eigenvalue weighted by atomic mass is 32.2. The number of nitrogens with two attached hydrogens (primary N) is 1. The molecule has 0 aromatic carbocycles. The Morgan fingerprint density at radius 1 is 1.56 bits per heavy atom. The van der Waals surface area contributed by atoms with Gasteiger partial charge in [-0.3, -0.25) is 4.79 Å². The van der Waals surface area contributed by atoms with Gasteiger partial charge in [-0.25, -0.2) is 0 Å². The molecule has 0 aromatic heterocycles. The first kappa shape index (κ1) is 14.2. The van der Waals surface area contributed by atoms with Crippen molar-refractivity contribution in [1.29, 1.82) is 0 Å². The van der Waals surface area contributed by atoms with Gasteiger partial charge in [-0.15, -0.1) is 0 Å². The van der Waals surface area contributed by atoms with Gasteiger partial charge in [0.15, 0.2) is 0 Å². The number of hydrogen-bond acceptors (Lipinski definition) is 4. The maximum atomic E-state index is 11.6. The Morgan fingerprint density at radius 2 is 2.38 bits per heavy atom. The average molecular weight is 262 g/mol. The lowest BCUT2D eigenvalue weighted by atomic mass is 10.1. The lowest BCUT2D eigenvalue weighted by Gasteiger charge is -2.21. The molecule has 1 amide bonds. The maximum Gasteiger partial charge on any atom is 0.221 e. The van der Waals surface area contributed by atoms with Crippen molar-refractivity contribution in [2.45, 2.75) is 37.5 Å². The van der Waals surface area contributed by atoms with Crippen LogP contribution in [0.3, 0.4) is 0 Å². The van der Waals surface area contributed by atoms with E-state index in [1.54, 1.807) is 0 Å². The Hall–Kier alpha value is 0.130. The lowest BCUT2D eigenvalue weighted by Crippen LogP contribution is -2.36. The molecule has 0 bridgehead atoms. The molecule has 0 saturated carbocycles. The summed E-state index contributed by atoms with van der Waals surface area (Å²) in [7, 11) is 0. The monoisotopic (exact) mass is 262 g/mol. The molecule has 0 aromatic rings. The minimum atomic E-state index is 0.0263. The SMILES string of the molecule is CCCC(N)CC(=O)NCC1CSCCS1. The van der Waals surface area contributed by atoms with E-state index in [-0.39, 0.29) is 11.9 Å². The van der Waals surface area contributed by atoms with Crippen molar-refractivity contribution in [3.63, 3.8) is 0 Å². The second-order valence-electron chi connectivity index (χ2n) is 4.12. The molecule has 3 N–H and O–H groups in total. The molecule has 5 heteroatoms. The van der Waals surface area contributed by atoms with Crippen molar-refractivity contribution < 1.29 is 4.79 Å². The summed E-state index contributed by atoms with van der Waals surface area (Å²) in [4.78, 5) is 11.6. The van der Waals surface area contributed by atoms with Gasteiger partial charge >= 0.3 is 0 Å². The first-order valence-electron chi connectivity index (χ1n) is 5.94. The van der Waals surface area contributed by atoms with Crippen LogP contribution in [-0.4, -0.2) is 41.0 Å². The molecule has 94 valence electrons. The second kappa shape index (κ2) is 8.25. The number of amides is 1. The standard InChI is InChI=1S/C11H22N2OS2/c1-2-3-9(12)6-11(14)13-7-10-8-15-4-5-16-10/h9-10H,2-8,12H2,1H3,(H,13,14). The zero-order chi connectivity index (χ0) is 11.8. The van der Waals surface area contributed by atoms with Gasteiger partial charge in [0.2, 0.25) is 5.91 Å². The minimum Gasteiger partial charge on any atom is -0.355 e. The molecule has 1 heterocycles. The van der Waals surface area contributed by atoms with Crippen LogP contribution >= 0.6 is 23.5 Å². The molecule has 1 saturated heterocycles. The third-order valence-electron chi connectivity index (χ3n) is 2.52. The lowest BCUT2D eigenvalue weighted by molar-refractivity contribution is -0.121. The quantitative estimate of drug-likeness (QED) is 0.761. The van der Waals surface area contributed by atoms with E-state index in [9.17, 15) is 4.79 Å². The third-order valence-corrected chi connectivity index (χ3v) is 5.36. The Kier molecular flexibility index (Phi) is 7.32. The fourth-order valence-corrected chi connectivity index (χ4v) is 4.28. The zero-order valence-electron chi connectivity index (χ0n) is 9.91. The molecule has 0 aliphatic carbocycles. The highest BCUT2D eigenvalue weighted by Gasteiger charge is 2.15. The highest BCUT2D eigenvalue weighted by molar-refractivity contribution is 8.06. The van der Waals surface area contributed by atoms with Gasteiger partial charge in [-0.2, -0.15) is 23.5 Å². The van der Waals surface area contributed by atoms with Crippen LogP contribution in [0.15, 0.2) is 0 Å². The molecular weight excluding hydrogens is 240 g/mol. The summed E-state index contributed by atoms with van der Waals surface area (Å²) in [5.41, 5.74) is 5.82. The van der Waals surface area contributed by atoms with Crippen molar-refractivity contribution in [1.82, 2.24) is 5.32 Å². The van der Waals surface area contributed by atoms with E-state index in [1.165, 1.54) is 11.5 Å². The number of nitrogens with one attached hydrogen (secondary N) is 1. The van der Waals surface area contributed by atoms with Crippen LogP contribution in [0.25, 0.3) is 0 Å². The zero-order valence-corrected chi connectivity index (χ0v) is 11.5. The first-order chi connectivity index (χ1) is 7.72. The number of hydrogen-bond donors (Lipinski definition) is 2. The molecule has 1 fully saturated rings. The Balaban J connectivity index is 2.09. The third kappa shape index (κ3) is 6.01. The first-order valence-corrected chi connectivity index (χ1v) is 8.14. The molecular formula is C11H22N2OS2. The average Bonchev–Trinajstić information content (AvgIpc) is 2.28. The van der Waals surface area contributed by atoms with E-state index in [0.29, 0.717) is 11.7 Å². The molecule has 1 aliphatic rings. The van der Waals surface area contributed by atoms with Gasteiger partial charge in [0.05, 0.1) is 0 Å². The number of carbonyl (C=O) groups is 1. The van der Waals surface area contributed by atoms with Gasteiger partial charge in [0.1, 0.15) is 0 Å². The van der Waals surface area contributed by atoms with E-state index in [0.717, 1.165) is 25.1 Å². The summed E-state index contributed by atoms with van der Waals surface area (Å²) in [6, 6.07) is 0.0263. The molecule has 0 spiro atoms. The van der Waals surface area contributed by atoms with Gasteiger partial charge < -0.3 is 11.1 Å². The molecule has 0 radical (unpaired) electrons. The summed E-state index contributed by atoms with van der Waals surface area (Å²) >= 11 is 3.95. The molecule has 1 aliphatic heterocycles. The topological polar surface area (TPSA) is 55.1 Å². The molecule has 2 atom stereocenters. The van der Waals surface area contributed by atoms with Crippen molar-refractivity contribution in [3.05, 3.63) is 0 Å². The molecule has 16 heavy (non-hydrogen) atoms. The van der Waals surface area contributed by atoms with Crippen molar-refractivity contribution in [3.8, 4) is 0 Å².